The van der Waals surface area contributed by atoms with Crippen LogP contribution in [0.3, 0.4) is 0 Å². The zero-order valence-corrected chi connectivity index (χ0v) is 19.5. The molecule has 1 aromatic rings. The highest BCUT2D eigenvalue weighted by Crippen LogP contribution is 2.42. The number of carbonyl (C=O) groups excluding carboxylic acids is 3. The third-order valence-electron chi connectivity index (χ3n) is 5.61. The summed E-state index contributed by atoms with van der Waals surface area (Å²) in [6.45, 7) is 9.97. The van der Waals surface area contributed by atoms with Crippen molar-refractivity contribution in [3.63, 3.8) is 0 Å². The number of aryl methyl sites for hydroxylation is 1. The predicted octanol–water partition coefficient (Wildman–Crippen LogP) is 4.74. The first-order valence-corrected chi connectivity index (χ1v) is 11.3. The lowest BCUT2D eigenvalue weighted by Crippen LogP contribution is -2.53. The van der Waals surface area contributed by atoms with Crippen molar-refractivity contribution in [2.75, 3.05) is 24.7 Å². The van der Waals surface area contributed by atoms with E-state index >= 15 is 0 Å². The number of allylic oxidation sites excluding steroid dienone is 1. The van der Waals surface area contributed by atoms with E-state index in [9.17, 15) is 14.4 Å². The van der Waals surface area contributed by atoms with Gasteiger partial charge in [-0.05, 0) is 45.7 Å². The molecule has 0 fully saturated rings. The van der Waals surface area contributed by atoms with Crippen LogP contribution in [0, 0.1) is 12.3 Å². The second kappa shape index (κ2) is 11.1. The molecule has 1 aliphatic rings. The molecule has 0 saturated heterocycles. The summed E-state index contributed by atoms with van der Waals surface area (Å²) in [5.41, 5.74) is 1.72. The van der Waals surface area contributed by atoms with Crippen LogP contribution >= 0.6 is 0 Å². The molecule has 2 rings (SSSR count). The van der Waals surface area contributed by atoms with Crippen molar-refractivity contribution >= 4 is 23.4 Å². The Labute approximate surface area is 185 Å². The summed E-state index contributed by atoms with van der Waals surface area (Å²) in [6.07, 6.45) is 2.34. The number of rotatable bonds is 10. The minimum atomic E-state index is -1.43. The molecule has 0 aliphatic carbocycles. The van der Waals surface area contributed by atoms with Crippen molar-refractivity contribution < 1.29 is 23.9 Å². The third-order valence-corrected chi connectivity index (χ3v) is 5.61. The number of benzene rings is 1. The van der Waals surface area contributed by atoms with Crippen LogP contribution in [0.15, 0.2) is 35.5 Å². The van der Waals surface area contributed by atoms with E-state index in [1.807, 2.05) is 49.9 Å². The van der Waals surface area contributed by atoms with Gasteiger partial charge in [-0.1, -0.05) is 38.0 Å². The Morgan fingerprint density at radius 2 is 1.61 bits per heavy atom. The average Bonchev–Trinajstić information content (AvgIpc) is 2.75. The van der Waals surface area contributed by atoms with Crippen LogP contribution < -0.4 is 4.90 Å². The van der Waals surface area contributed by atoms with Gasteiger partial charge in [-0.2, -0.15) is 0 Å². The lowest BCUT2D eigenvalue weighted by Gasteiger charge is -2.43. The number of hydrogen-bond donors (Lipinski definition) is 0. The summed E-state index contributed by atoms with van der Waals surface area (Å²) in [7, 11) is 0. The van der Waals surface area contributed by atoms with Gasteiger partial charge < -0.3 is 14.4 Å². The van der Waals surface area contributed by atoms with Gasteiger partial charge >= 0.3 is 11.9 Å². The molecule has 0 amide bonds. The molecule has 31 heavy (non-hydrogen) atoms. The van der Waals surface area contributed by atoms with Gasteiger partial charge in [0.2, 0.25) is 0 Å². The molecular weight excluding hydrogens is 394 g/mol. The number of ketones is 1. The molecule has 0 spiro atoms. The lowest BCUT2D eigenvalue weighted by atomic mass is 9.72. The Kier molecular flexibility index (Phi) is 8.84. The van der Waals surface area contributed by atoms with E-state index in [0.29, 0.717) is 18.4 Å². The molecule has 0 saturated carbocycles. The van der Waals surface area contributed by atoms with Crippen LogP contribution in [-0.2, 0) is 23.9 Å². The van der Waals surface area contributed by atoms with Gasteiger partial charge in [0.05, 0.1) is 18.8 Å². The van der Waals surface area contributed by atoms with Crippen LogP contribution in [0.2, 0.25) is 0 Å². The van der Waals surface area contributed by atoms with Crippen molar-refractivity contribution in [1.29, 1.82) is 0 Å². The summed E-state index contributed by atoms with van der Waals surface area (Å²) in [6, 6.07) is 7.88. The molecule has 1 aliphatic heterocycles. The fraction of sp³-hybridized carbons (Fsp3) is 0.560. The van der Waals surface area contributed by atoms with E-state index in [0.717, 1.165) is 23.4 Å². The molecule has 1 unspecified atom stereocenters. The molecule has 1 atom stereocenters. The second-order valence-electron chi connectivity index (χ2n) is 7.97. The highest BCUT2D eigenvalue weighted by Gasteiger charge is 2.52. The fourth-order valence-electron chi connectivity index (χ4n) is 4.06. The fourth-order valence-corrected chi connectivity index (χ4v) is 4.06. The topological polar surface area (TPSA) is 72.9 Å². The minimum absolute atomic E-state index is 0.0151. The first-order chi connectivity index (χ1) is 14.8. The van der Waals surface area contributed by atoms with Gasteiger partial charge in [-0.3, -0.25) is 9.59 Å². The van der Waals surface area contributed by atoms with Gasteiger partial charge in [0.25, 0.3) is 0 Å². The van der Waals surface area contributed by atoms with Gasteiger partial charge in [0.15, 0.2) is 5.78 Å². The molecular formula is C25H35NO5. The first kappa shape index (κ1) is 24.6. The van der Waals surface area contributed by atoms with Crippen molar-refractivity contribution in [2.24, 2.45) is 5.41 Å². The van der Waals surface area contributed by atoms with Gasteiger partial charge in [-0.25, -0.2) is 4.79 Å². The third kappa shape index (κ3) is 5.35. The number of Topliss-reactive ketones (excluding diaryl/α,β-unsaturated/α-hetero) is 1. The Hall–Kier alpha value is -2.63. The van der Waals surface area contributed by atoms with Gasteiger partial charge in [-0.15, -0.1) is 0 Å². The van der Waals surface area contributed by atoms with Crippen LogP contribution in [0.4, 0.5) is 5.69 Å². The van der Waals surface area contributed by atoms with Gasteiger partial charge in [0, 0.05) is 30.8 Å². The quantitative estimate of drug-likeness (QED) is 0.395. The van der Waals surface area contributed by atoms with E-state index in [4.69, 9.17) is 9.47 Å². The highest BCUT2D eigenvalue weighted by molar-refractivity contribution is 6.07. The number of hydrogen-bond acceptors (Lipinski definition) is 6. The standard InChI is InChI=1S/C25H35NO5/c1-6-10-21-20(23(28)30-8-3)16-25(22(27)11-7-2,24(29)31-9-4)17-26(21)19-14-12-18(5)13-15-19/h12-15H,6-11,16-17H2,1-5H3. The smallest absolute Gasteiger partial charge is 0.335 e. The Balaban J connectivity index is 2.72. The Bertz CT molecular complexity index is 807. The Morgan fingerprint density at radius 3 is 2.16 bits per heavy atom. The van der Waals surface area contributed by atoms with E-state index < -0.39 is 17.4 Å². The summed E-state index contributed by atoms with van der Waals surface area (Å²) >= 11 is 0. The number of ether oxygens (including phenoxy) is 2. The van der Waals surface area contributed by atoms with E-state index in [-0.39, 0.29) is 38.4 Å². The molecule has 0 aromatic heterocycles. The minimum Gasteiger partial charge on any atom is -0.465 e. The van der Waals surface area contributed by atoms with Crippen LogP contribution in [0.1, 0.15) is 65.4 Å². The van der Waals surface area contributed by atoms with Crippen molar-refractivity contribution in [2.45, 2.75) is 66.7 Å². The number of nitrogens with zero attached hydrogens (tertiary/aromatic N) is 1. The molecule has 1 aromatic carbocycles. The van der Waals surface area contributed by atoms with Crippen LogP contribution in [0.25, 0.3) is 0 Å². The normalized spacial score (nSPS) is 18.7. The summed E-state index contributed by atoms with van der Waals surface area (Å²) in [5, 5.41) is 0. The summed E-state index contributed by atoms with van der Waals surface area (Å²) in [4.78, 5) is 41.5. The Morgan fingerprint density at radius 1 is 0.968 bits per heavy atom. The molecule has 6 heteroatoms. The largest absolute Gasteiger partial charge is 0.465 e. The summed E-state index contributed by atoms with van der Waals surface area (Å²) < 4.78 is 10.7. The molecule has 6 nitrogen and oxygen atoms in total. The number of carbonyl (C=O) groups is 3. The van der Waals surface area contributed by atoms with Crippen molar-refractivity contribution in [1.82, 2.24) is 0 Å². The SMILES string of the molecule is CCCC(=O)C1(C(=O)OCC)CC(C(=O)OCC)=C(CCC)N(c2ccc(C)cc2)C1. The van der Waals surface area contributed by atoms with Crippen LogP contribution in [0.5, 0.6) is 0 Å². The predicted molar refractivity (Wildman–Crippen MR) is 121 cm³/mol. The monoisotopic (exact) mass is 429 g/mol. The number of esters is 2. The van der Waals surface area contributed by atoms with Crippen molar-refractivity contribution in [3.8, 4) is 0 Å². The number of anilines is 1. The lowest BCUT2D eigenvalue weighted by molar-refractivity contribution is -0.160. The zero-order chi connectivity index (χ0) is 23.0. The highest BCUT2D eigenvalue weighted by atomic mass is 16.5. The average molecular weight is 430 g/mol. The second-order valence-corrected chi connectivity index (χ2v) is 7.97. The maximum Gasteiger partial charge on any atom is 0.335 e. The van der Waals surface area contributed by atoms with Gasteiger partial charge in [0.1, 0.15) is 5.41 Å². The van der Waals surface area contributed by atoms with E-state index in [2.05, 4.69) is 0 Å². The molecule has 1 heterocycles. The molecule has 0 bridgehead atoms. The molecule has 170 valence electrons. The zero-order valence-electron chi connectivity index (χ0n) is 19.5. The maximum atomic E-state index is 13.4. The van der Waals surface area contributed by atoms with Crippen molar-refractivity contribution in [3.05, 3.63) is 41.1 Å². The van der Waals surface area contributed by atoms with E-state index in [1.165, 1.54) is 0 Å². The molecule has 0 radical (unpaired) electrons. The van der Waals surface area contributed by atoms with E-state index in [1.54, 1.807) is 13.8 Å². The first-order valence-electron chi connectivity index (χ1n) is 11.3. The maximum absolute atomic E-state index is 13.4. The molecule has 0 N–H and O–H groups in total. The summed E-state index contributed by atoms with van der Waals surface area (Å²) in [5.74, 6) is -1.23. The van der Waals surface area contributed by atoms with Crippen LogP contribution in [-0.4, -0.2) is 37.5 Å².